The Bertz CT molecular complexity index is 855. The van der Waals surface area contributed by atoms with Crippen LogP contribution in [0.3, 0.4) is 0 Å². The molecule has 3 rings (SSSR count). The molecule has 0 aliphatic heterocycles. The van der Waals surface area contributed by atoms with E-state index < -0.39 is 0 Å². The summed E-state index contributed by atoms with van der Waals surface area (Å²) in [6.07, 6.45) is 1.77. The van der Waals surface area contributed by atoms with Crippen molar-refractivity contribution in [1.82, 2.24) is 5.43 Å². The van der Waals surface area contributed by atoms with Crippen LogP contribution in [0.25, 0.3) is 9.75 Å². The third kappa shape index (κ3) is 5.12. The maximum atomic E-state index is 5.52. The van der Waals surface area contributed by atoms with Gasteiger partial charge in [0.15, 0.2) is 10.2 Å². The van der Waals surface area contributed by atoms with E-state index >= 15 is 0 Å². The number of hydrazone groups is 1. The summed E-state index contributed by atoms with van der Waals surface area (Å²) in [7, 11) is 0. The van der Waals surface area contributed by atoms with Crippen LogP contribution in [0.5, 0.6) is 5.06 Å². The van der Waals surface area contributed by atoms with Gasteiger partial charge < -0.3 is 10.1 Å². The van der Waals surface area contributed by atoms with Crippen molar-refractivity contribution in [2.75, 3.05) is 11.9 Å². The van der Waals surface area contributed by atoms with Crippen LogP contribution in [0.1, 0.15) is 11.8 Å². The molecule has 2 aromatic heterocycles. The van der Waals surface area contributed by atoms with Crippen LogP contribution in [0.2, 0.25) is 0 Å². The first-order valence-electron chi connectivity index (χ1n) is 7.72. The van der Waals surface area contributed by atoms with Gasteiger partial charge in [0.1, 0.15) is 0 Å². The van der Waals surface area contributed by atoms with Gasteiger partial charge in [-0.3, -0.25) is 5.43 Å². The summed E-state index contributed by atoms with van der Waals surface area (Å²) in [4.78, 5) is 3.45. The Kier molecular flexibility index (Phi) is 6.16. The van der Waals surface area contributed by atoms with E-state index in [4.69, 9.17) is 17.0 Å². The van der Waals surface area contributed by atoms with Crippen molar-refractivity contribution in [3.8, 4) is 14.8 Å². The van der Waals surface area contributed by atoms with E-state index in [1.54, 1.807) is 28.9 Å². The van der Waals surface area contributed by atoms with Crippen molar-refractivity contribution in [3.05, 3.63) is 59.5 Å². The third-order valence-corrected chi connectivity index (χ3v) is 5.53. The monoisotopic (exact) mass is 387 g/mol. The standard InChI is InChI=1S/C18H17N3OS3/c1-2-22-17-11-10-16(25-17)15-9-8-14(24-15)12-19-21-18(23)20-13-6-4-3-5-7-13/h3-12H,2H2,1H3,(H2,20,21,23)/b19-12+. The summed E-state index contributed by atoms with van der Waals surface area (Å²) in [5.74, 6) is 0. The van der Waals surface area contributed by atoms with E-state index in [2.05, 4.69) is 28.0 Å². The first kappa shape index (κ1) is 17.6. The lowest BCUT2D eigenvalue weighted by atomic mass is 10.3. The summed E-state index contributed by atoms with van der Waals surface area (Å²) in [6.45, 7) is 2.67. The van der Waals surface area contributed by atoms with Gasteiger partial charge in [0, 0.05) is 20.3 Å². The van der Waals surface area contributed by atoms with Crippen molar-refractivity contribution >= 4 is 51.9 Å². The number of hydrogen-bond acceptors (Lipinski definition) is 5. The third-order valence-electron chi connectivity index (χ3n) is 3.13. The van der Waals surface area contributed by atoms with E-state index in [9.17, 15) is 0 Å². The molecule has 0 aliphatic rings. The van der Waals surface area contributed by atoms with E-state index in [1.807, 2.05) is 49.4 Å². The molecule has 3 aromatic rings. The van der Waals surface area contributed by atoms with Gasteiger partial charge >= 0.3 is 0 Å². The molecule has 0 saturated heterocycles. The number of nitrogens with zero attached hydrogens (tertiary/aromatic N) is 1. The normalized spacial score (nSPS) is 10.8. The van der Waals surface area contributed by atoms with Crippen molar-refractivity contribution in [2.45, 2.75) is 6.92 Å². The highest BCUT2D eigenvalue weighted by Crippen LogP contribution is 2.36. The fourth-order valence-electron chi connectivity index (χ4n) is 2.06. The van der Waals surface area contributed by atoms with Crippen LogP contribution in [-0.2, 0) is 0 Å². The summed E-state index contributed by atoms with van der Waals surface area (Å²) in [5, 5.41) is 8.66. The molecule has 0 bridgehead atoms. The van der Waals surface area contributed by atoms with E-state index in [1.165, 1.54) is 9.75 Å². The SMILES string of the molecule is CCOc1ccc(-c2ccc(/C=N/NC(=S)Nc3ccccc3)s2)s1. The van der Waals surface area contributed by atoms with Crippen molar-refractivity contribution in [2.24, 2.45) is 5.10 Å². The van der Waals surface area contributed by atoms with Crippen LogP contribution in [0.15, 0.2) is 59.7 Å². The Morgan fingerprint density at radius 3 is 2.64 bits per heavy atom. The molecule has 25 heavy (non-hydrogen) atoms. The minimum atomic E-state index is 0.457. The van der Waals surface area contributed by atoms with Gasteiger partial charge in [-0.2, -0.15) is 5.10 Å². The van der Waals surface area contributed by atoms with Gasteiger partial charge in [-0.05, 0) is 55.5 Å². The topological polar surface area (TPSA) is 45.6 Å². The number of benzene rings is 1. The van der Waals surface area contributed by atoms with E-state index in [0.29, 0.717) is 11.7 Å². The minimum Gasteiger partial charge on any atom is -0.484 e. The first-order chi connectivity index (χ1) is 12.2. The first-order valence-corrected chi connectivity index (χ1v) is 9.76. The van der Waals surface area contributed by atoms with Crippen LogP contribution < -0.4 is 15.5 Å². The number of rotatable bonds is 6. The number of thiocarbonyl (C=S) groups is 1. The van der Waals surface area contributed by atoms with E-state index in [-0.39, 0.29) is 0 Å². The van der Waals surface area contributed by atoms with Gasteiger partial charge in [0.05, 0.1) is 12.8 Å². The zero-order valence-corrected chi connectivity index (χ0v) is 16.0. The zero-order chi connectivity index (χ0) is 17.5. The molecule has 0 amide bonds. The lowest BCUT2D eigenvalue weighted by Gasteiger charge is -2.05. The predicted molar refractivity (Wildman–Crippen MR) is 112 cm³/mol. The second-order valence-corrected chi connectivity index (χ2v) is 7.51. The van der Waals surface area contributed by atoms with E-state index in [0.717, 1.165) is 15.6 Å². The van der Waals surface area contributed by atoms with Gasteiger partial charge in [0.25, 0.3) is 0 Å². The largest absolute Gasteiger partial charge is 0.484 e. The Morgan fingerprint density at radius 1 is 1.08 bits per heavy atom. The molecule has 0 saturated carbocycles. The fourth-order valence-corrected chi connectivity index (χ4v) is 4.12. The summed E-state index contributed by atoms with van der Waals surface area (Å²) >= 11 is 8.54. The Labute approximate surface area is 160 Å². The molecular weight excluding hydrogens is 370 g/mol. The molecule has 0 unspecified atom stereocenters. The highest BCUT2D eigenvalue weighted by molar-refractivity contribution is 7.80. The smallest absolute Gasteiger partial charge is 0.191 e. The van der Waals surface area contributed by atoms with Gasteiger partial charge in [-0.25, -0.2) is 0 Å². The van der Waals surface area contributed by atoms with Crippen LogP contribution in [-0.4, -0.2) is 17.9 Å². The quantitative estimate of drug-likeness (QED) is 0.347. The molecule has 0 radical (unpaired) electrons. The lowest BCUT2D eigenvalue weighted by Crippen LogP contribution is -2.23. The molecule has 2 N–H and O–H groups in total. The molecule has 7 heteroatoms. The maximum absolute atomic E-state index is 5.52. The molecule has 0 atom stereocenters. The molecule has 0 spiro atoms. The molecule has 1 aromatic carbocycles. The summed E-state index contributed by atoms with van der Waals surface area (Å²) in [5.41, 5.74) is 3.76. The van der Waals surface area contributed by atoms with Gasteiger partial charge in [0.2, 0.25) is 0 Å². The van der Waals surface area contributed by atoms with Gasteiger partial charge in [-0.15, -0.1) is 11.3 Å². The number of ether oxygens (including phenoxy) is 1. The predicted octanol–water partition coefficient (Wildman–Crippen LogP) is 5.20. The Balaban J connectivity index is 1.55. The van der Waals surface area contributed by atoms with Crippen LogP contribution in [0, 0.1) is 0 Å². The molecule has 4 nitrogen and oxygen atoms in total. The molecular formula is C18H17N3OS3. The maximum Gasteiger partial charge on any atom is 0.191 e. The molecule has 0 fully saturated rings. The molecule has 0 aliphatic carbocycles. The van der Waals surface area contributed by atoms with Crippen molar-refractivity contribution < 1.29 is 4.74 Å². The van der Waals surface area contributed by atoms with Gasteiger partial charge in [-0.1, -0.05) is 29.5 Å². The Hall–Kier alpha value is -2.22. The second-order valence-electron chi connectivity index (χ2n) is 4.94. The summed E-state index contributed by atoms with van der Waals surface area (Å²) in [6, 6.07) is 18.0. The number of thiophene rings is 2. The highest BCUT2D eigenvalue weighted by Gasteiger charge is 2.06. The average Bonchev–Trinajstić information content (AvgIpc) is 3.25. The number of anilines is 1. The van der Waals surface area contributed by atoms with Crippen molar-refractivity contribution in [1.29, 1.82) is 0 Å². The minimum absolute atomic E-state index is 0.457. The number of nitrogens with one attached hydrogen (secondary N) is 2. The molecule has 128 valence electrons. The highest BCUT2D eigenvalue weighted by atomic mass is 32.1. The fraction of sp³-hybridized carbons (Fsp3) is 0.111. The lowest BCUT2D eigenvalue weighted by molar-refractivity contribution is 0.350. The van der Waals surface area contributed by atoms with Crippen LogP contribution in [0.4, 0.5) is 5.69 Å². The number of hydrogen-bond donors (Lipinski definition) is 2. The average molecular weight is 388 g/mol. The van der Waals surface area contributed by atoms with Crippen LogP contribution >= 0.6 is 34.9 Å². The molecule has 2 heterocycles. The van der Waals surface area contributed by atoms with Crippen molar-refractivity contribution in [3.63, 3.8) is 0 Å². The Morgan fingerprint density at radius 2 is 1.84 bits per heavy atom. The second kappa shape index (κ2) is 8.75. The number of para-hydroxylation sites is 1. The summed E-state index contributed by atoms with van der Waals surface area (Å²) < 4.78 is 5.52. The zero-order valence-electron chi connectivity index (χ0n) is 13.6.